The van der Waals surface area contributed by atoms with Gasteiger partial charge in [-0.15, -0.1) is 15.3 Å². The van der Waals surface area contributed by atoms with Gasteiger partial charge in [-0.1, -0.05) is 23.4 Å². The van der Waals surface area contributed by atoms with E-state index in [2.05, 4.69) is 30.5 Å². The summed E-state index contributed by atoms with van der Waals surface area (Å²) < 4.78 is 50.6. The van der Waals surface area contributed by atoms with Crippen molar-refractivity contribution in [2.75, 3.05) is 0 Å². The lowest BCUT2D eigenvalue weighted by atomic mass is 10.2. The first-order valence-electron chi connectivity index (χ1n) is 9.03. The molecule has 0 aliphatic heterocycles. The smallest absolute Gasteiger partial charge is 0.408 e. The number of fused-ring (bicyclic) bond motifs is 3. The number of aromatic nitrogens is 8. The zero-order chi connectivity index (χ0) is 21.6. The number of halogens is 3. The van der Waals surface area contributed by atoms with Gasteiger partial charge >= 0.3 is 6.18 Å². The molecule has 1 aromatic carbocycles. The number of rotatable bonds is 5. The average Bonchev–Trinajstić information content (AvgIpc) is 3.44. The first-order valence-corrected chi connectivity index (χ1v) is 9.03. The van der Waals surface area contributed by atoms with Gasteiger partial charge in [-0.3, -0.25) is 0 Å². The topological polar surface area (TPSA) is 109 Å². The zero-order valence-electron chi connectivity index (χ0n) is 15.9. The standard InChI is InChI=1S/C18H13F3N8O2/c1-10-6-13(27-31-10)16-24-23-15-11-4-2-3-5-12(11)17(26-29(15)16)30-7-14-22-9-28(25-14)8-18(19,20)21/h2-6,9H,7-8H2,1H3. The number of hydrogen-bond acceptors (Lipinski definition) is 8. The van der Waals surface area contributed by atoms with E-state index in [1.54, 1.807) is 19.1 Å². The van der Waals surface area contributed by atoms with E-state index in [0.717, 1.165) is 11.7 Å². The zero-order valence-corrected chi connectivity index (χ0v) is 15.9. The lowest BCUT2D eigenvalue weighted by molar-refractivity contribution is -0.142. The molecule has 10 nitrogen and oxygen atoms in total. The Balaban J connectivity index is 1.51. The van der Waals surface area contributed by atoms with Crippen LogP contribution in [-0.4, -0.2) is 45.9 Å². The van der Waals surface area contributed by atoms with Crippen LogP contribution in [0.2, 0.25) is 0 Å². The lowest BCUT2D eigenvalue weighted by Crippen LogP contribution is -2.18. The molecule has 4 heterocycles. The molecular formula is C18H13F3N8O2. The molecule has 0 spiro atoms. The quantitative estimate of drug-likeness (QED) is 0.419. The van der Waals surface area contributed by atoms with Gasteiger partial charge in [0.25, 0.3) is 0 Å². The van der Waals surface area contributed by atoms with Crippen LogP contribution >= 0.6 is 0 Å². The highest BCUT2D eigenvalue weighted by Crippen LogP contribution is 2.29. The number of benzene rings is 1. The van der Waals surface area contributed by atoms with Gasteiger partial charge in [-0.2, -0.15) is 22.8 Å². The van der Waals surface area contributed by atoms with Crippen LogP contribution < -0.4 is 4.74 Å². The number of alkyl halides is 3. The van der Waals surface area contributed by atoms with E-state index in [0.29, 0.717) is 33.0 Å². The summed E-state index contributed by atoms with van der Waals surface area (Å²) >= 11 is 0. The summed E-state index contributed by atoms with van der Waals surface area (Å²) in [6, 6.07) is 8.97. The van der Waals surface area contributed by atoms with Crippen LogP contribution in [0.3, 0.4) is 0 Å². The maximum Gasteiger partial charge on any atom is 0.408 e. The molecule has 0 aliphatic rings. The largest absolute Gasteiger partial charge is 0.468 e. The molecule has 31 heavy (non-hydrogen) atoms. The molecule has 5 aromatic rings. The summed E-state index contributed by atoms with van der Waals surface area (Å²) in [6.45, 7) is 0.351. The van der Waals surface area contributed by atoms with E-state index >= 15 is 0 Å². The Kier molecular flexibility index (Phi) is 4.30. The highest BCUT2D eigenvalue weighted by Gasteiger charge is 2.28. The summed E-state index contributed by atoms with van der Waals surface area (Å²) in [4.78, 5) is 3.86. The van der Waals surface area contributed by atoms with Crippen LogP contribution in [0.25, 0.3) is 27.9 Å². The Morgan fingerprint density at radius 1 is 1.10 bits per heavy atom. The van der Waals surface area contributed by atoms with Crippen molar-refractivity contribution in [3.05, 3.63) is 48.2 Å². The van der Waals surface area contributed by atoms with Gasteiger partial charge in [0.15, 0.2) is 23.8 Å². The maximum atomic E-state index is 12.5. The molecular weight excluding hydrogens is 417 g/mol. The Bertz CT molecular complexity index is 1390. The van der Waals surface area contributed by atoms with Crippen molar-refractivity contribution in [3.63, 3.8) is 0 Å². The molecule has 158 valence electrons. The van der Waals surface area contributed by atoms with Gasteiger partial charge in [0.05, 0.1) is 0 Å². The summed E-state index contributed by atoms with van der Waals surface area (Å²) in [7, 11) is 0. The lowest BCUT2D eigenvalue weighted by Gasteiger charge is -2.08. The molecule has 0 fully saturated rings. The van der Waals surface area contributed by atoms with Crippen LogP contribution in [0.1, 0.15) is 11.6 Å². The first-order chi connectivity index (χ1) is 14.9. The number of ether oxygens (including phenoxy) is 1. The Hall–Kier alpha value is -4.03. The van der Waals surface area contributed by atoms with E-state index in [-0.39, 0.29) is 18.3 Å². The number of nitrogens with zero attached hydrogens (tertiary/aromatic N) is 8. The van der Waals surface area contributed by atoms with Crippen molar-refractivity contribution in [2.24, 2.45) is 0 Å². The predicted molar refractivity (Wildman–Crippen MR) is 98.9 cm³/mol. The minimum Gasteiger partial charge on any atom is -0.468 e. The van der Waals surface area contributed by atoms with Gasteiger partial charge in [-0.25, -0.2) is 9.67 Å². The van der Waals surface area contributed by atoms with Crippen LogP contribution in [0.5, 0.6) is 5.88 Å². The predicted octanol–water partition coefficient (Wildman–Crippen LogP) is 2.97. The minimum atomic E-state index is -4.39. The maximum absolute atomic E-state index is 12.5. The Morgan fingerprint density at radius 3 is 2.65 bits per heavy atom. The van der Waals surface area contributed by atoms with Gasteiger partial charge in [0.2, 0.25) is 11.7 Å². The Labute approximate surface area is 171 Å². The molecule has 0 atom stereocenters. The molecule has 0 unspecified atom stereocenters. The third-order valence-electron chi connectivity index (χ3n) is 4.35. The van der Waals surface area contributed by atoms with Crippen LogP contribution in [0, 0.1) is 6.92 Å². The fourth-order valence-electron chi connectivity index (χ4n) is 3.08. The molecule has 0 radical (unpaired) electrons. The van der Waals surface area contributed by atoms with Crippen molar-refractivity contribution >= 4 is 16.4 Å². The second-order valence-corrected chi connectivity index (χ2v) is 6.69. The summed E-state index contributed by atoms with van der Waals surface area (Å²) in [5.41, 5.74) is 0.942. The van der Waals surface area contributed by atoms with Crippen molar-refractivity contribution in [3.8, 4) is 17.4 Å². The fraction of sp³-hybridized carbons (Fsp3) is 0.222. The van der Waals surface area contributed by atoms with Gasteiger partial charge in [0, 0.05) is 16.8 Å². The average molecular weight is 430 g/mol. The van der Waals surface area contributed by atoms with E-state index in [1.165, 1.54) is 4.52 Å². The molecule has 0 bridgehead atoms. The monoisotopic (exact) mass is 430 g/mol. The summed E-state index contributed by atoms with van der Waals surface area (Å²) in [5, 5.41) is 22.0. The fourth-order valence-corrected chi connectivity index (χ4v) is 3.08. The third-order valence-corrected chi connectivity index (χ3v) is 4.35. The second kappa shape index (κ2) is 7.04. The molecule has 0 amide bonds. The van der Waals surface area contributed by atoms with E-state index in [9.17, 15) is 13.2 Å². The van der Waals surface area contributed by atoms with E-state index in [1.807, 2.05) is 18.2 Å². The second-order valence-electron chi connectivity index (χ2n) is 6.69. The summed E-state index contributed by atoms with van der Waals surface area (Å²) in [6.07, 6.45) is -3.38. The molecule has 0 saturated carbocycles. The van der Waals surface area contributed by atoms with Crippen molar-refractivity contribution in [1.82, 2.24) is 39.7 Å². The first kappa shape index (κ1) is 19.0. The van der Waals surface area contributed by atoms with Crippen molar-refractivity contribution in [1.29, 1.82) is 0 Å². The molecule has 4 aromatic heterocycles. The highest BCUT2D eigenvalue weighted by atomic mass is 19.4. The number of hydrogen-bond donors (Lipinski definition) is 0. The Morgan fingerprint density at radius 2 is 1.90 bits per heavy atom. The van der Waals surface area contributed by atoms with Crippen molar-refractivity contribution < 1.29 is 22.4 Å². The summed E-state index contributed by atoms with van der Waals surface area (Å²) in [5.74, 6) is 1.27. The number of aryl methyl sites for hydroxylation is 1. The van der Waals surface area contributed by atoms with Gasteiger partial charge in [0.1, 0.15) is 18.6 Å². The van der Waals surface area contributed by atoms with E-state index < -0.39 is 12.7 Å². The minimum absolute atomic E-state index is 0.0892. The van der Waals surface area contributed by atoms with Crippen molar-refractivity contribution in [2.45, 2.75) is 26.3 Å². The normalized spacial score (nSPS) is 12.1. The van der Waals surface area contributed by atoms with Crippen LogP contribution in [-0.2, 0) is 13.2 Å². The third kappa shape index (κ3) is 3.65. The molecule has 0 saturated heterocycles. The molecule has 0 aliphatic carbocycles. The molecule has 0 N–H and O–H groups in total. The van der Waals surface area contributed by atoms with Crippen LogP contribution in [0.4, 0.5) is 13.2 Å². The van der Waals surface area contributed by atoms with Crippen LogP contribution in [0.15, 0.2) is 41.2 Å². The SMILES string of the molecule is Cc1cc(-c2nnc3c4ccccc4c(OCc4ncn(CC(F)(F)F)n4)nn23)no1. The van der Waals surface area contributed by atoms with Gasteiger partial charge < -0.3 is 9.26 Å². The highest BCUT2D eigenvalue weighted by molar-refractivity contribution is 5.96. The van der Waals surface area contributed by atoms with Gasteiger partial charge in [-0.05, 0) is 13.0 Å². The van der Waals surface area contributed by atoms with E-state index in [4.69, 9.17) is 9.26 Å². The molecule has 13 heteroatoms. The molecule has 5 rings (SSSR count).